The van der Waals surface area contributed by atoms with Crippen molar-refractivity contribution in [2.24, 2.45) is 0 Å². The van der Waals surface area contributed by atoms with Crippen molar-refractivity contribution in [1.82, 2.24) is 9.97 Å². The van der Waals surface area contributed by atoms with E-state index in [1.807, 2.05) is 0 Å². The first-order chi connectivity index (χ1) is 7.11. The molecule has 1 aromatic heterocycles. The Kier molecular flexibility index (Phi) is 2.40. The third kappa shape index (κ3) is 1.70. The van der Waals surface area contributed by atoms with Crippen LogP contribution in [-0.2, 0) is 0 Å². The van der Waals surface area contributed by atoms with E-state index in [2.05, 4.69) is 9.97 Å². The van der Waals surface area contributed by atoms with Crippen molar-refractivity contribution >= 4 is 23.1 Å². The molecule has 0 radical (unpaired) electrons. The molecular weight excluding hydrogens is 215 g/mol. The van der Waals surface area contributed by atoms with Crippen LogP contribution >= 0.6 is 12.2 Å². The summed E-state index contributed by atoms with van der Waals surface area (Å²) in [6.07, 6.45) is 0. The van der Waals surface area contributed by atoms with Gasteiger partial charge in [0.15, 0.2) is 0 Å². The van der Waals surface area contributed by atoms with Crippen molar-refractivity contribution in [3.63, 3.8) is 0 Å². The summed E-state index contributed by atoms with van der Waals surface area (Å²) in [6.45, 7) is 1.79. The molecule has 0 spiro atoms. The molecule has 0 aliphatic heterocycles. The lowest BCUT2D eigenvalue weighted by molar-refractivity contribution is 0.415. The Hall–Kier alpha value is -1.49. The number of aryl methyl sites for hydroxylation is 1. The first kappa shape index (κ1) is 10.0. The Morgan fingerprint density at radius 3 is 2.87 bits per heavy atom. The van der Waals surface area contributed by atoms with Gasteiger partial charge in [0.2, 0.25) is 0 Å². The number of hydrogen-bond acceptors (Lipinski definition) is 3. The second-order valence-corrected chi connectivity index (χ2v) is 3.54. The van der Waals surface area contributed by atoms with Gasteiger partial charge in [-0.05, 0) is 13.0 Å². The third-order valence-electron chi connectivity index (χ3n) is 2.09. The summed E-state index contributed by atoms with van der Waals surface area (Å²) in [5, 5.41) is 0.562. The Morgan fingerprint density at radius 2 is 2.20 bits per heavy atom. The van der Waals surface area contributed by atoms with Crippen molar-refractivity contribution in [1.29, 1.82) is 0 Å². The van der Waals surface area contributed by atoms with Gasteiger partial charge in [0.05, 0.1) is 12.6 Å². The molecule has 0 unspecified atom stereocenters. The maximum Gasteiger partial charge on any atom is 0.145 e. The molecule has 2 rings (SSSR count). The van der Waals surface area contributed by atoms with Gasteiger partial charge in [-0.1, -0.05) is 12.2 Å². The molecule has 3 nitrogen and oxygen atoms in total. The number of nitrogens with one attached hydrogen (secondary N) is 1. The number of halogens is 1. The fourth-order valence-electron chi connectivity index (χ4n) is 1.46. The Morgan fingerprint density at radius 1 is 1.47 bits per heavy atom. The van der Waals surface area contributed by atoms with Gasteiger partial charge in [-0.15, -0.1) is 0 Å². The zero-order chi connectivity index (χ0) is 11.0. The van der Waals surface area contributed by atoms with E-state index in [0.29, 0.717) is 27.1 Å². The topological polar surface area (TPSA) is 37.9 Å². The molecular formula is C10H9FN2OS. The lowest BCUT2D eigenvalue weighted by Gasteiger charge is -2.06. The summed E-state index contributed by atoms with van der Waals surface area (Å²) in [7, 11) is 1.49. The summed E-state index contributed by atoms with van der Waals surface area (Å²) in [4.78, 5) is 7.06. The molecule has 1 aromatic carbocycles. The van der Waals surface area contributed by atoms with Crippen molar-refractivity contribution in [2.75, 3.05) is 7.11 Å². The number of hydrogen-bond donors (Lipinski definition) is 1. The largest absolute Gasteiger partial charge is 0.494 e. The molecule has 0 saturated heterocycles. The highest BCUT2D eigenvalue weighted by Crippen LogP contribution is 2.25. The predicted molar refractivity (Wildman–Crippen MR) is 58.2 cm³/mol. The number of methoxy groups -OCH3 is 1. The molecule has 15 heavy (non-hydrogen) atoms. The van der Waals surface area contributed by atoms with Crippen LogP contribution in [-0.4, -0.2) is 17.1 Å². The van der Waals surface area contributed by atoms with Crippen molar-refractivity contribution in [3.05, 3.63) is 28.4 Å². The minimum atomic E-state index is -0.385. The minimum Gasteiger partial charge on any atom is -0.494 e. The van der Waals surface area contributed by atoms with Gasteiger partial charge in [-0.3, -0.25) is 0 Å². The fourth-order valence-corrected chi connectivity index (χ4v) is 1.76. The second-order valence-electron chi connectivity index (χ2n) is 3.16. The highest BCUT2D eigenvalue weighted by atomic mass is 32.1. The maximum absolute atomic E-state index is 13.2. The highest BCUT2D eigenvalue weighted by Gasteiger charge is 2.07. The van der Waals surface area contributed by atoms with Crippen LogP contribution < -0.4 is 4.74 Å². The van der Waals surface area contributed by atoms with E-state index in [1.165, 1.54) is 19.2 Å². The fraction of sp³-hybridized carbons (Fsp3) is 0.200. The molecule has 5 heteroatoms. The number of ether oxygens (including phenoxy) is 1. The smallest absolute Gasteiger partial charge is 0.145 e. The molecule has 0 amide bonds. The van der Waals surface area contributed by atoms with Crippen molar-refractivity contribution in [3.8, 4) is 5.75 Å². The molecule has 1 N–H and O–H groups in total. The summed E-state index contributed by atoms with van der Waals surface area (Å²) >= 11 is 5.06. The number of aromatic amines is 1. The van der Waals surface area contributed by atoms with E-state index in [4.69, 9.17) is 17.0 Å². The number of nitrogens with zero attached hydrogens (tertiary/aromatic N) is 1. The SMILES string of the molecule is COc1cc(F)cc2c(=S)nc(C)[nH]c12. The van der Waals surface area contributed by atoms with Crippen LogP contribution in [0.15, 0.2) is 12.1 Å². The van der Waals surface area contributed by atoms with E-state index in [1.54, 1.807) is 6.92 Å². The van der Waals surface area contributed by atoms with Gasteiger partial charge in [0.1, 0.15) is 22.0 Å². The van der Waals surface area contributed by atoms with Gasteiger partial charge in [-0.25, -0.2) is 9.37 Å². The predicted octanol–water partition coefficient (Wildman–Crippen LogP) is 2.75. The Balaban J connectivity index is 2.96. The minimum absolute atomic E-state index is 0.374. The zero-order valence-corrected chi connectivity index (χ0v) is 9.11. The molecule has 2 aromatic rings. The molecule has 0 aliphatic carbocycles. The Bertz CT molecular complexity index is 579. The maximum atomic E-state index is 13.2. The van der Waals surface area contributed by atoms with Crippen molar-refractivity contribution < 1.29 is 9.13 Å². The van der Waals surface area contributed by atoms with Crippen LogP contribution in [0.25, 0.3) is 10.9 Å². The van der Waals surface area contributed by atoms with E-state index >= 15 is 0 Å². The molecule has 0 aliphatic rings. The quantitative estimate of drug-likeness (QED) is 0.757. The monoisotopic (exact) mass is 224 g/mol. The van der Waals surface area contributed by atoms with Crippen molar-refractivity contribution in [2.45, 2.75) is 6.92 Å². The lowest BCUT2D eigenvalue weighted by Crippen LogP contribution is -1.94. The molecule has 0 atom stereocenters. The average molecular weight is 224 g/mol. The third-order valence-corrected chi connectivity index (χ3v) is 2.40. The van der Waals surface area contributed by atoms with E-state index in [9.17, 15) is 4.39 Å². The van der Waals surface area contributed by atoms with Crippen LogP contribution in [0.4, 0.5) is 4.39 Å². The number of aromatic nitrogens is 2. The normalized spacial score (nSPS) is 10.6. The van der Waals surface area contributed by atoms with E-state index in [-0.39, 0.29) is 5.82 Å². The number of rotatable bonds is 1. The lowest BCUT2D eigenvalue weighted by atomic mass is 10.2. The summed E-state index contributed by atoms with van der Waals surface area (Å²) < 4.78 is 18.6. The number of H-pyrrole nitrogens is 1. The van der Waals surface area contributed by atoms with Crippen LogP contribution in [0.1, 0.15) is 5.82 Å². The Labute approximate surface area is 90.9 Å². The van der Waals surface area contributed by atoms with Gasteiger partial charge in [0, 0.05) is 11.5 Å². The highest BCUT2D eigenvalue weighted by molar-refractivity contribution is 7.71. The van der Waals surface area contributed by atoms with Crippen LogP contribution in [0.3, 0.4) is 0 Å². The molecule has 0 bridgehead atoms. The van der Waals surface area contributed by atoms with Gasteiger partial charge >= 0.3 is 0 Å². The first-order valence-electron chi connectivity index (χ1n) is 4.36. The first-order valence-corrected chi connectivity index (χ1v) is 4.77. The van der Waals surface area contributed by atoms with Gasteiger partial charge < -0.3 is 9.72 Å². The molecule has 1 heterocycles. The van der Waals surface area contributed by atoms with Crippen LogP contribution in [0.2, 0.25) is 0 Å². The second kappa shape index (κ2) is 3.58. The molecule has 0 saturated carbocycles. The van der Waals surface area contributed by atoms with Gasteiger partial charge in [-0.2, -0.15) is 0 Å². The average Bonchev–Trinajstić information content (AvgIpc) is 2.18. The standard InChI is InChI=1S/C10H9FN2OS/c1-5-12-9-7(10(15)13-5)3-6(11)4-8(9)14-2/h3-4H,1-2H3,(H,12,13,15). The number of fused-ring (bicyclic) bond motifs is 1. The van der Waals surface area contributed by atoms with Gasteiger partial charge in [0.25, 0.3) is 0 Å². The summed E-state index contributed by atoms with van der Waals surface area (Å²) in [6, 6.07) is 2.66. The van der Waals surface area contributed by atoms with E-state index < -0.39 is 0 Å². The molecule has 0 fully saturated rings. The summed E-state index contributed by atoms with van der Waals surface area (Å²) in [5.74, 6) is 0.725. The van der Waals surface area contributed by atoms with Crippen LogP contribution in [0.5, 0.6) is 5.75 Å². The number of benzene rings is 1. The van der Waals surface area contributed by atoms with Crippen LogP contribution in [0, 0.1) is 17.4 Å². The molecule has 78 valence electrons. The van der Waals surface area contributed by atoms with E-state index in [0.717, 1.165) is 0 Å². The zero-order valence-electron chi connectivity index (χ0n) is 8.30. The summed E-state index contributed by atoms with van der Waals surface area (Å²) in [5.41, 5.74) is 0.677.